The van der Waals surface area contributed by atoms with Gasteiger partial charge in [0.2, 0.25) is 0 Å². The Kier molecular flexibility index (Phi) is 10.8. The van der Waals surface area contributed by atoms with Crippen LogP contribution in [0.4, 0.5) is 0 Å². The number of aromatic nitrogens is 1. The van der Waals surface area contributed by atoms with Crippen molar-refractivity contribution >= 4 is 41.3 Å². The van der Waals surface area contributed by atoms with Crippen LogP contribution in [-0.2, 0) is 11.3 Å². The molecule has 2 rings (SSSR count). The summed E-state index contributed by atoms with van der Waals surface area (Å²) in [6, 6.07) is 0.754. The summed E-state index contributed by atoms with van der Waals surface area (Å²) in [5.74, 6) is 0.864. The molecule has 1 aliphatic carbocycles. The summed E-state index contributed by atoms with van der Waals surface area (Å²) in [6.45, 7) is 9.37. The zero-order valence-corrected chi connectivity index (χ0v) is 18.0. The zero-order valence-electron chi connectivity index (χ0n) is 14.9. The van der Waals surface area contributed by atoms with E-state index in [1.54, 1.807) is 18.4 Å². The van der Waals surface area contributed by atoms with Gasteiger partial charge in [-0.15, -0.1) is 35.3 Å². The van der Waals surface area contributed by atoms with Crippen LogP contribution in [0.25, 0.3) is 0 Å². The molecular weight excluding hydrogens is 437 g/mol. The van der Waals surface area contributed by atoms with Crippen molar-refractivity contribution in [3.8, 4) is 0 Å². The van der Waals surface area contributed by atoms with Gasteiger partial charge in [-0.05, 0) is 26.7 Å². The van der Waals surface area contributed by atoms with Crippen LogP contribution in [-0.4, -0.2) is 61.8 Å². The highest BCUT2D eigenvalue weighted by Crippen LogP contribution is 2.25. The van der Waals surface area contributed by atoms with Gasteiger partial charge in [0, 0.05) is 50.4 Å². The van der Waals surface area contributed by atoms with Gasteiger partial charge in [0.15, 0.2) is 5.96 Å². The molecule has 8 heteroatoms. The molecule has 6 nitrogen and oxygen atoms in total. The molecule has 1 aromatic rings. The topological polar surface area (TPSA) is 61.8 Å². The summed E-state index contributed by atoms with van der Waals surface area (Å²) in [5.41, 5.74) is 0. The minimum atomic E-state index is 0. The van der Waals surface area contributed by atoms with Crippen molar-refractivity contribution in [1.82, 2.24) is 20.5 Å². The normalized spacial score (nSPS) is 14.6. The van der Waals surface area contributed by atoms with Crippen LogP contribution in [0.5, 0.6) is 0 Å². The third-order valence-corrected chi connectivity index (χ3v) is 4.62. The second-order valence-corrected chi connectivity index (χ2v) is 7.07. The fraction of sp³-hybridized carbons (Fsp3) is 0.750. The Morgan fingerprint density at radius 3 is 2.79 bits per heavy atom. The molecule has 0 saturated heterocycles. The highest BCUT2D eigenvalue weighted by atomic mass is 127. The highest BCUT2D eigenvalue weighted by molar-refractivity contribution is 14.0. The Bertz CT molecular complexity index is 493. The van der Waals surface area contributed by atoms with E-state index in [0.29, 0.717) is 6.54 Å². The summed E-state index contributed by atoms with van der Waals surface area (Å²) < 4.78 is 5.20. The average Bonchev–Trinajstić information content (AvgIpc) is 3.30. The number of hydrogen-bond acceptors (Lipinski definition) is 5. The number of nitrogens with zero attached hydrogens (tertiary/aromatic N) is 3. The standard InChI is InChI=1S/C16H29N5OS.HI/c1-4-17-16(20-12-15-19-11-13(2)23-15)18-7-8-21(9-10-22-3)14-5-6-14;/h11,14H,4-10,12H2,1-3H3,(H2,17,18,20);1H. The molecule has 0 atom stereocenters. The number of aliphatic imine (C=N–C) groups is 1. The first-order valence-corrected chi connectivity index (χ1v) is 9.21. The SMILES string of the molecule is CCNC(=NCc1ncc(C)s1)NCCN(CCOC)C1CC1.I. The Balaban J connectivity index is 0.00000288. The van der Waals surface area contributed by atoms with Crippen molar-refractivity contribution in [2.45, 2.75) is 39.3 Å². The number of guanidine groups is 1. The summed E-state index contributed by atoms with van der Waals surface area (Å²) in [6.07, 6.45) is 4.54. The highest BCUT2D eigenvalue weighted by Gasteiger charge is 2.28. The van der Waals surface area contributed by atoms with Gasteiger partial charge in [0.25, 0.3) is 0 Å². The lowest BCUT2D eigenvalue weighted by atomic mass is 10.4. The van der Waals surface area contributed by atoms with Gasteiger partial charge in [-0.25, -0.2) is 9.98 Å². The van der Waals surface area contributed by atoms with Gasteiger partial charge in [0.05, 0.1) is 13.2 Å². The number of methoxy groups -OCH3 is 1. The first-order chi connectivity index (χ1) is 11.2. The Labute approximate surface area is 166 Å². The van der Waals surface area contributed by atoms with E-state index >= 15 is 0 Å². The molecule has 0 spiro atoms. The van der Waals surface area contributed by atoms with E-state index in [-0.39, 0.29) is 24.0 Å². The van der Waals surface area contributed by atoms with Crippen LogP contribution in [0.1, 0.15) is 29.7 Å². The first-order valence-electron chi connectivity index (χ1n) is 8.39. The monoisotopic (exact) mass is 467 g/mol. The quantitative estimate of drug-likeness (QED) is 0.314. The number of rotatable bonds is 10. The maximum Gasteiger partial charge on any atom is 0.191 e. The minimum Gasteiger partial charge on any atom is -0.383 e. The number of ether oxygens (including phenoxy) is 1. The summed E-state index contributed by atoms with van der Waals surface area (Å²) in [4.78, 5) is 12.7. The van der Waals surface area contributed by atoms with E-state index in [0.717, 1.165) is 49.8 Å². The molecule has 1 aromatic heterocycles. The molecule has 1 heterocycles. The van der Waals surface area contributed by atoms with Gasteiger partial charge in [-0.2, -0.15) is 0 Å². The fourth-order valence-electron chi connectivity index (χ4n) is 2.41. The number of nitrogens with one attached hydrogen (secondary N) is 2. The molecule has 2 N–H and O–H groups in total. The summed E-state index contributed by atoms with van der Waals surface area (Å²) in [7, 11) is 1.76. The van der Waals surface area contributed by atoms with Crippen LogP contribution >= 0.6 is 35.3 Å². The lowest BCUT2D eigenvalue weighted by Crippen LogP contribution is -2.42. The summed E-state index contributed by atoms with van der Waals surface area (Å²) >= 11 is 1.70. The van der Waals surface area contributed by atoms with Crippen LogP contribution in [0.2, 0.25) is 0 Å². The molecule has 1 fully saturated rings. The van der Waals surface area contributed by atoms with Crippen molar-refractivity contribution in [1.29, 1.82) is 0 Å². The largest absolute Gasteiger partial charge is 0.383 e. The van der Waals surface area contributed by atoms with Crippen LogP contribution in [0.15, 0.2) is 11.2 Å². The molecule has 0 amide bonds. The molecule has 24 heavy (non-hydrogen) atoms. The van der Waals surface area contributed by atoms with Gasteiger partial charge in [-0.3, -0.25) is 4.90 Å². The number of thiazole rings is 1. The smallest absolute Gasteiger partial charge is 0.191 e. The lowest BCUT2D eigenvalue weighted by Gasteiger charge is -2.22. The molecule has 0 unspecified atom stereocenters. The predicted molar refractivity (Wildman–Crippen MR) is 112 cm³/mol. The van der Waals surface area contributed by atoms with E-state index in [4.69, 9.17) is 4.74 Å². The average molecular weight is 467 g/mol. The van der Waals surface area contributed by atoms with E-state index in [2.05, 4.69) is 39.4 Å². The predicted octanol–water partition coefficient (Wildman–Crippen LogP) is 2.24. The van der Waals surface area contributed by atoms with E-state index in [1.807, 2.05) is 6.20 Å². The first kappa shape index (κ1) is 21.6. The van der Waals surface area contributed by atoms with Crippen LogP contribution in [0.3, 0.4) is 0 Å². The lowest BCUT2D eigenvalue weighted by molar-refractivity contribution is 0.144. The molecule has 1 aliphatic rings. The fourth-order valence-corrected chi connectivity index (χ4v) is 3.12. The van der Waals surface area contributed by atoms with Gasteiger partial charge >= 0.3 is 0 Å². The number of aryl methyl sites for hydroxylation is 1. The van der Waals surface area contributed by atoms with Crippen molar-refractivity contribution in [3.05, 3.63) is 16.1 Å². The third-order valence-electron chi connectivity index (χ3n) is 3.72. The molecule has 0 bridgehead atoms. The molecule has 0 radical (unpaired) electrons. The van der Waals surface area contributed by atoms with Gasteiger partial charge < -0.3 is 15.4 Å². The summed E-state index contributed by atoms with van der Waals surface area (Å²) in [5, 5.41) is 7.77. The maximum atomic E-state index is 5.20. The number of hydrogen-bond donors (Lipinski definition) is 2. The third kappa shape index (κ3) is 8.09. The van der Waals surface area contributed by atoms with E-state index in [1.165, 1.54) is 17.7 Å². The Morgan fingerprint density at radius 2 is 2.21 bits per heavy atom. The molecule has 138 valence electrons. The van der Waals surface area contributed by atoms with Crippen molar-refractivity contribution in [2.24, 2.45) is 4.99 Å². The minimum absolute atomic E-state index is 0. The Morgan fingerprint density at radius 1 is 1.42 bits per heavy atom. The second kappa shape index (κ2) is 12.0. The van der Waals surface area contributed by atoms with Crippen LogP contribution < -0.4 is 10.6 Å². The molecular formula is C16H30IN5OS. The molecule has 1 saturated carbocycles. The van der Waals surface area contributed by atoms with E-state index in [9.17, 15) is 0 Å². The van der Waals surface area contributed by atoms with Crippen molar-refractivity contribution < 1.29 is 4.74 Å². The van der Waals surface area contributed by atoms with Crippen molar-refractivity contribution in [2.75, 3.05) is 39.9 Å². The maximum absolute atomic E-state index is 5.20. The Hall–Kier alpha value is -0.450. The number of halogens is 1. The van der Waals surface area contributed by atoms with Gasteiger partial charge in [-0.1, -0.05) is 0 Å². The molecule has 0 aromatic carbocycles. The second-order valence-electron chi connectivity index (χ2n) is 5.75. The molecule has 0 aliphatic heterocycles. The van der Waals surface area contributed by atoms with Crippen molar-refractivity contribution in [3.63, 3.8) is 0 Å². The van der Waals surface area contributed by atoms with Crippen LogP contribution in [0, 0.1) is 6.92 Å². The van der Waals surface area contributed by atoms with E-state index < -0.39 is 0 Å². The van der Waals surface area contributed by atoms with Gasteiger partial charge in [0.1, 0.15) is 5.01 Å². The zero-order chi connectivity index (χ0) is 16.5.